The molecule has 0 fully saturated rings. The first-order valence-corrected chi connectivity index (χ1v) is 10.7. The molecule has 0 saturated carbocycles. The molecule has 0 heterocycles. The third-order valence-electron chi connectivity index (χ3n) is 4.47. The number of hydrogen-bond acceptors (Lipinski definition) is 5. The van der Waals surface area contributed by atoms with Crippen LogP contribution in [-0.2, 0) is 26.7 Å². The number of halogens is 3. The van der Waals surface area contributed by atoms with Crippen LogP contribution in [0.4, 0.5) is 13.2 Å². The molecule has 0 saturated heterocycles. The zero-order valence-corrected chi connectivity index (χ0v) is 18.3. The lowest BCUT2D eigenvalue weighted by molar-refractivity contribution is -0.139. The second-order valence-corrected chi connectivity index (χ2v) is 9.56. The summed E-state index contributed by atoms with van der Waals surface area (Å²) in [5, 5.41) is 11.8. The van der Waals surface area contributed by atoms with E-state index in [1.54, 1.807) is 24.3 Å². The predicted molar refractivity (Wildman–Crippen MR) is 110 cm³/mol. The van der Waals surface area contributed by atoms with Crippen molar-refractivity contribution in [3.63, 3.8) is 0 Å². The Morgan fingerprint density at radius 2 is 1.53 bits per heavy atom. The largest absolute Gasteiger partial charge is 0.534 e. The molecule has 0 aromatic heterocycles. The highest BCUT2D eigenvalue weighted by molar-refractivity contribution is 7.88. The van der Waals surface area contributed by atoms with Gasteiger partial charge in [0.1, 0.15) is 11.8 Å². The quantitative estimate of drug-likeness (QED) is 0.469. The molecule has 1 amide bonds. The number of aliphatic carboxylic acids is 1. The Labute approximate surface area is 183 Å². The van der Waals surface area contributed by atoms with Crippen LogP contribution in [0.15, 0.2) is 48.5 Å². The Morgan fingerprint density at radius 1 is 1.00 bits per heavy atom. The van der Waals surface area contributed by atoms with Crippen molar-refractivity contribution in [2.45, 2.75) is 44.2 Å². The van der Waals surface area contributed by atoms with Crippen molar-refractivity contribution in [1.82, 2.24) is 5.32 Å². The second-order valence-electron chi connectivity index (χ2n) is 8.02. The van der Waals surface area contributed by atoms with E-state index in [9.17, 15) is 36.3 Å². The lowest BCUT2D eigenvalue weighted by Crippen LogP contribution is -2.42. The second kappa shape index (κ2) is 9.19. The van der Waals surface area contributed by atoms with E-state index in [0.717, 1.165) is 17.7 Å². The molecule has 0 spiro atoms. The average Bonchev–Trinajstić information content (AvgIpc) is 2.67. The van der Waals surface area contributed by atoms with Crippen molar-refractivity contribution < 1.29 is 40.5 Å². The van der Waals surface area contributed by atoms with Crippen molar-refractivity contribution >= 4 is 22.0 Å². The van der Waals surface area contributed by atoms with E-state index in [2.05, 4.69) is 9.50 Å². The van der Waals surface area contributed by atoms with E-state index in [0.29, 0.717) is 5.56 Å². The number of amides is 1. The van der Waals surface area contributed by atoms with Gasteiger partial charge < -0.3 is 14.6 Å². The molecule has 11 heteroatoms. The molecule has 2 N–H and O–H groups in total. The molecule has 0 aliphatic rings. The smallest absolute Gasteiger partial charge is 0.480 e. The van der Waals surface area contributed by atoms with Crippen molar-refractivity contribution in [3.8, 4) is 5.75 Å². The Hall–Kier alpha value is -3.08. The predicted octanol–water partition coefficient (Wildman–Crippen LogP) is 3.64. The molecule has 32 heavy (non-hydrogen) atoms. The highest BCUT2D eigenvalue weighted by Gasteiger charge is 2.48. The number of carbonyl (C=O) groups is 2. The van der Waals surface area contributed by atoms with Gasteiger partial charge >= 0.3 is 21.6 Å². The fourth-order valence-electron chi connectivity index (χ4n) is 2.65. The fraction of sp³-hybridized carbons (Fsp3) is 0.333. The lowest BCUT2D eigenvalue weighted by Gasteiger charge is -2.19. The Balaban J connectivity index is 2.09. The van der Waals surface area contributed by atoms with Crippen LogP contribution < -0.4 is 9.50 Å². The molecule has 174 valence electrons. The van der Waals surface area contributed by atoms with E-state index < -0.39 is 39.3 Å². The fourth-order valence-corrected chi connectivity index (χ4v) is 3.11. The third-order valence-corrected chi connectivity index (χ3v) is 5.45. The highest BCUT2D eigenvalue weighted by atomic mass is 32.2. The van der Waals surface area contributed by atoms with Gasteiger partial charge in [0.2, 0.25) is 0 Å². The summed E-state index contributed by atoms with van der Waals surface area (Å²) in [6, 6.07) is 9.74. The Kier molecular flexibility index (Phi) is 7.23. The topological polar surface area (TPSA) is 110 Å². The number of carboxylic acids is 1. The first kappa shape index (κ1) is 25.2. The number of hydrogen-bond donors (Lipinski definition) is 2. The average molecular weight is 473 g/mol. The zero-order chi connectivity index (χ0) is 24.3. The monoisotopic (exact) mass is 473 g/mol. The summed E-state index contributed by atoms with van der Waals surface area (Å²) in [7, 11) is -5.81. The van der Waals surface area contributed by atoms with Gasteiger partial charge in [-0.1, -0.05) is 45.0 Å². The molecule has 1 unspecified atom stereocenters. The van der Waals surface area contributed by atoms with E-state index >= 15 is 0 Å². The van der Waals surface area contributed by atoms with E-state index in [4.69, 9.17) is 0 Å². The summed E-state index contributed by atoms with van der Waals surface area (Å²) in [5.41, 5.74) is -4.09. The first-order chi connectivity index (χ1) is 14.6. The van der Waals surface area contributed by atoms with Crippen molar-refractivity contribution in [2.75, 3.05) is 0 Å². The normalized spacial score (nSPS) is 13.3. The zero-order valence-electron chi connectivity index (χ0n) is 17.4. The number of benzene rings is 2. The van der Waals surface area contributed by atoms with Crippen LogP contribution in [0.25, 0.3) is 0 Å². The SMILES string of the molecule is CC(C)(C)c1ccc(C(=O)NC(Cc2ccc(OS(=O)(=O)C(F)(F)F)cc2)C(=O)O)cc1. The summed E-state index contributed by atoms with van der Waals surface area (Å²) in [6.07, 6.45) is -0.187. The Morgan fingerprint density at radius 3 is 1.97 bits per heavy atom. The maximum atomic E-state index is 12.4. The van der Waals surface area contributed by atoms with Crippen LogP contribution in [0, 0.1) is 0 Å². The van der Waals surface area contributed by atoms with Gasteiger partial charge in [-0.25, -0.2) is 4.79 Å². The standard InChI is InChI=1S/C21H22F3NO6S/c1-20(2,3)15-8-6-14(7-9-15)18(26)25-17(19(27)28)12-13-4-10-16(11-5-13)31-32(29,30)21(22,23)24/h4-11,17H,12H2,1-3H3,(H,25,26)(H,27,28). The minimum atomic E-state index is -5.81. The lowest BCUT2D eigenvalue weighted by atomic mass is 9.86. The van der Waals surface area contributed by atoms with Crippen molar-refractivity contribution in [2.24, 2.45) is 0 Å². The van der Waals surface area contributed by atoms with Crippen LogP contribution in [0.3, 0.4) is 0 Å². The molecule has 2 rings (SSSR count). The van der Waals surface area contributed by atoms with Crippen LogP contribution in [-0.4, -0.2) is 37.0 Å². The van der Waals surface area contributed by atoms with Gasteiger partial charge in [0, 0.05) is 12.0 Å². The number of rotatable bonds is 7. The number of alkyl halides is 3. The minimum Gasteiger partial charge on any atom is -0.480 e. The van der Waals surface area contributed by atoms with Crippen LogP contribution in [0.5, 0.6) is 5.75 Å². The maximum Gasteiger partial charge on any atom is 0.534 e. The molecule has 0 aliphatic heterocycles. The summed E-state index contributed by atoms with van der Waals surface area (Å²) < 4.78 is 63.2. The molecular formula is C21H22F3NO6S. The molecule has 2 aromatic rings. The molecular weight excluding hydrogens is 451 g/mol. The maximum absolute atomic E-state index is 12.4. The molecule has 0 radical (unpaired) electrons. The number of carboxylic acid groups (broad SMARTS) is 1. The van der Waals surface area contributed by atoms with Gasteiger partial charge in [0.15, 0.2) is 0 Å². The molecule has 0 aliphatic carbocycles. The summed E-state index contributed by atoms with van der Waals surface area (Å²) in [4.78, 5) is 24.0. The van der Waals surface area contributed by atoms with Crippen LogP contribution >= 0.6 is 0 Å². The van der Waals surface area contributed by atoms with Gasteiger partial charge in [0.25, 0.3) is 5.91 Å². The number of nitrogens with one attached hydrogen (secondary N) is 1. The van der Waals surface area contributed by atoms with Crippen molar-refractivity contribution in [3.05, 3.63) is 65.2 Å². The summed E-state index contributed by atoms with van der Waals surface area (Å²) in [6.45, 7) is 6.03. The molecule has 7 nitrogen and oxygen atoms in total. The van der Waals surface area contributed by atoms with Crippen molar-refractivity contribution in [1.29, 1.82) is 0 Å². The Bertz CT molecular complexity index is 1070. The summed E-state index contributed by atoms with van der Waals surface area (Å²) >= 11 is 0. The minimum absolute atomic E-state index is 0.117. The molecule has 0 bridgehead atoms. The third kappa shape index (κ3) is 6.46. The number of carbonyl (C=O) groups excluding carboxylic acids is 1. The van der Waals surface area contributed by atoms with Gasteiger partial charge in [0.05, 0.1) is 0 Å². The van der Waals surface area contributed by atoms with Crippen LogP contribution in [0.1, 0.15) is 42.3 Å². The molecule has 2 aromatic carbocycles. The van der Waals surface area contributed by atoms with E-state index in [-0.39, 0.29) is 17.4 Å². The first-order valence-electron chi connectivity index (χ1n) is 9.34. The van der Waals surface area contributed by atoms with Gasteiger partial charge in [-0.2, -0.15) is 21.6 Å². The molecule has 1 atom stereocenters. The van der Waals surface area contributed by atoms with E-state index in [1.807, 2.05) is 20.8 Å². The van der Waals surface area contributed by atoms with E-state index in [1.165, 1.54) is 12.1 Å². The van der Waals surface area contributed by atoms with Gasteiger partial charge in [-0.15, -0.1) is 0 Å². The highest BCUT2D eigenvalue weighted by Crippen LogP contribution is 2.27. The van der Waals surface area contributed by atoms with Crippen LogP contribution in [0.2, 0.25) is 0 Å². The summed E-state index contributed by atoms with van der Waals surface area (Å²) in [5.74, 6) is -2.50. The van der Waals surface area contributed by atoms with Gasteiger partial charge in [-0.3, -0.25) is 4.79 Å². The van der Waals surface area contributed by atoms with Gasteiger partial charge in [-0.05, 0) is 40.8 Å².